The summed E-state index contributed by atoms with van der Waals surface area (Å²) in [6.45, 7) is 8.11. The number of nitrogens with zero attached hydrogens (tertiary/aromatic N) is 1. The molecule has 0 spiro atoms. The highest BCUT2D eigenvalue weighted by Crippen LogP contribution is 2.26. The Balaban J connectivity index is 2.08. The molecular weight excluding hydrogens is 194 g/mol. The molecule has 16 heavy (non-hydrogen) atoms. The molecular formula is C15H23N. The molecule has 0 bridgehead atoms. The van der Waals surface area contributed by atoms with E-state index >= 15 is 0 Å². The summed E-state index contributed by atoms with van der Waals surface area (Å²) in [7, 11) is 0. The van der Waals surface area contributed by atoms with Crippen LogP contribution in [0.3, 0.4) is 0 Å². The average molecular weight is 217 g/mol. The molecule has 1 heteroatoms. The molecule has 0 aromatic heterocycles. The van der Waals surface area contributed by atoms with Crippen LogP contribution in [0, 0.1) is 5.92 Å². The quantitative estimate of drug-likeness (QED) is 0.683. The number of rotatable bonds is 2. The molecule has 2 aliphatic rings. The Hall–Kier alpha value is -0.820. The summed E-state index contributed by atoms with van der Waals surface area (Å²) >= 11 is 0. The van der Waals surface area contributed by atoms with Crippen LogP contribution in [-0.2, 0) is 0 Å². The lowest BCUT2D eigenvalue weighted by Gasteiger charge is -2.15. The van der Waals surface area contributed by atoms with E-state index in [0.29, 0.717) is 5.92 Å². The van der Waals surface area contributed by atoms with Crippen molar-refractivity contribution in [2.24, 2.45) is 5.92 Å². The lowest BCUT2D eigenvalue weighted by molar-refractivity contribution is 0.321. The van der Waals surface area contributed by atoms with Crippen molar-refractivity contribution < 1.29 is 0 Å². The molecule has 88 valence electrons. The van der Waals surface area contributed by atoms with Crippen molar-refractivity contribution >= 4 is 0 Å². The van der Waals surface area contributed by atoms with E-state index in [0.717, 1.165) is 6.54 Å². The molecule has 1 nitrogen and oxygen atoms in total. The minimum atomic E-state index is 0.714. The van der Waals surface area contributed by atoms with Crippen molar-refractivity contribution in [2.45, 2.75) is 33.1 Å². The second-order valence-electron chi connectivity index (χ2n) is 4.96. The zero-order chi connectivity index (χ0) is 11.4. The Morgan fingerprint density at radius 2 is 2.31 bits per heavy atom. The van der Waals surface area contributed by atoms with Crippen LogP contribution >= 0.6 is 0 Å². The van der Waals surface area contributed by atoms with E-state index in [-0.39, 0.29) is 0 Å². The van der Waals surface area contributed by atoms with Crippen LogP contribution in [0.1, 0.15) is 33.1 Å². The lowest BCUT2D eigenvalue weighted by Crippen LogP contribution is -2.23. The largest absolute Gasteiger partial charge is 0.300 e. The first kappa shape index (κ1) is 11.7. The zero-order valence-electron chi connectivity index (χ0n) is 10.6. The van der Waals surface area contributed by atoms with Crippen LogP contribution in [0.25, 0.3) is 0 Å². The van der Waals surface area contributed by atoms with Crippen molar-refractivity contribution in [3.8, 4) is 0 Å². The molecule has 0 aromatic rings. The molecule has 0 N–H and O–H groups in total. The molecule has 0 amide bonds. The van der Waals surface area contributed by atoms with Gasteiger partial charge in [-0.3, -0.25) is 4.90 Å². The third-order valence-electron chi connectivity index (χ3n) is 3.60. The maximum absolute atomic E-state index is 2.52. The van der Waals surface area contributed by atoms with Gasteiger partial charge in [-0.1, -0.05) is 38.2 Å². The smallest absolute Gasteiger partial charge is 0.0169 e. The number of hydrogen-bond acceptors (Lipinski definition) is 1. The van der Waals surface area contributed by atoms with Gasteiger partial charge in [0.2, 0.25) is 0 Å². The highest BCUT2D eigenvalue weighted by Gasteiger charge is 2.12. The van der Waals surface area contributed by atoms with E-state index in [1.807, 2.05) is 0 Å². The van der Waals surface area contributed by atoms with Crippen molar-refractivity contribution in [2.75, 3.05) is 19.6 Å². The highest BCUT2D eigenvalue weighted by atomic mass is 15.1. The standard InChI is InChI=1S/C15H23N/c1-3-16-10-5-8-14(9-11-16)15-7-4-6-13(2)12-15/h4,7,9,12-13H,3,5-6,8,10-11H2,1-2H3. The van der Waals surface area contributed by atoms with Gasteiger partial charge < -0.3 is 0 Å². The number of hydrogen-bond donors (Lipinski definition) is 0. The molecule has 1 heterocycles. The minimum absolute atomic E-state index is 0.714. The van der Waals surface area contributed by atoms with E-state index in [2.05, 4.69) is 43.1 Å². The lowest BCUT2D eigenvalue weighted by atomic mass is 9.91. The van der Waals surface area contributed by atoms with E-state index in [9.17, 15) is 0 Å². The summed E-state index contributed by atoms with van der Waals surface area (Å²) in [4.78, 5) is 2.52. The Kier molecular flexibility index (Phi) is 4.00. The predicted octanol–water partition coefficient (Wildman–Crippen LogP) is 3.55. The van der Waals surface area contributed by atoms with Gasteiger partial charge in [-0.25, -0.2) is 0 Å². The topological polar surface area (TPSA) is 3.24 Å². The Bertz CT molecular complexity index is 322. The van der Waals surface area contributed by atoms with Gasteiger partial charge >= 0.3 is 0 Å². The van der Waals surface area contributed by atoms with Crippen LogP contribution in [0.4, 0.5) is 0 Å². The predicted molar refractivity (Wildman–Crippen MR) is 70.4 cm³/mol. The molecule has 0 aromatic carbocycles. The van der Waals surface area contributed by atoms with Crippen LogP contribution in [0.5, 0.6) is 0 Å². The van der Waals surface area contributed by atoms with E-state index in [4.69, 9.17) is 0 Å². The Morgan fingerprint density at radius 3 is 3.06 bits per heavy atom. The molecule has 0 saturated heterocycles. The molecule has 0 radical (unpaired) electrons. The summed E-state index contributed by atoms with van der Waals surface area (Å²) in [6.07, 6.45) is 13.3. The van der Waals surface area contributed by atoms with Gasteiger partial charge in [-0.15, -0.1) is 0 Å². The molecule has 2 rings (SSSR count). The summed E-state index contributed by atoms with van der Waals surface area (Å²) in [6, 6.07) is 0. The Labute approximate surface area is 99.5 Å². The fourth-order valence-electron chi connectivity index (χ4n) is 2.53. The Morgan fingerprint density at radius 1 is 1.44 bits per heavy atom. The molecule has 1 atom stereocenters. The van der Waals surface area contributed by atoms with E-state index in [1.165, 1.54) is 37.9 Å². The van der Waals surface area contributed by atoms with Crippen LogP contribution < -0.4 is 0 Å². The maximum Gasteiger partial charge on any atom is 0.0169 e. The average Bonchev–Trinajstić information content (AvgIpc) is 2.54. The minimum Gasteiger partial charge on any atom is -0.300 e. The molecule has 0 fully saturated rings. The maximum atomic E-state index is 2.52. The normalized spacial score (nSPS) is 27.2. The van der Waals surface area contributed by atoms with Gasteiger partial charge in [0.1, 0.15) is 0 Å². The second-order valence-corrected chi connectivity index (χ2v) is 4.96. The van der Waals surface area contributed by atoms with Crippen LogP contribution in [0.15, 0.2) is 35.5 Å². The zero-order valence-corrected chi connectivity index (χ0v) is 10.6. The summed E-state index contributed by atoms with van der Waals surface area (Å²) in [5.74, 6) is 0.714. The monoisotopic (exact) mass is 217 g/mol. The van der Waals surface area contributed by atoms with E-state index < -0.39 is 0 Å². The fraction of sp³-hybridized carbons (Fsp3) is 0.600. The van der Waals surface area contributed by atoms with Gasteiger partial charge in [-0.2, -0.15) is 0 Å². The SMILES string of the molecule is CCN1CC=C(C2=CC(C)CC=C2)CCC1. The summed E-state index contributed by atoms with van der Waals surface area (Å²) in [5, 5.41) is 0. The van der Waals surface area contributed by atoms with Gasteiger partial charge in [0.15, 0.2) is 0 Å². The van der Waals surface area contributed by atoms with Gasteiger partial charge in [-0.05, 0) is 49.4 Å². The van der Waals surface area contributed by atoms with Crippen molar-refractivity contribution in [3.63, 3.8) is 0 Å². The van der Waals surface area contributed by atoms with Crippen molar-refractivity contribution in [1.82, 2.24) is 4.90 Å². The number of allylic oxidation sites excluding steroid dienone is 5. The third kappa shape index (κ3) is 2.85. The van der Waals surface area contributed by atoms with Crippen molar-refractivity contribution in [1.29, 1.82) is 0 Å². The molecule has 1 aliphatic carbocycles. The van der Waals surface area contributed by atoms with Crippen LogP contribution in [0.2, 0.25) is 0 Å². The molecule has 1 aliphatic heterocycles. The summed E-state index contributed by atoms with van der Waals surface area (Å²) < 4.78 is 0. The molecule has 0 saturated carbocycles. The third-order valence-corrected chi connectivity index (χ3v) is 3.60. The first-order valence-corrected chi connectivity index (χ1v) is 6.59. The first-order valence-electron chi connectivity index (χ1n) is 6.59. The summed E-state index contributed by atoms with van der Waals surface area (Å²) in [5.41, 5.74) is 3.05. The first-order chi connectivity index (χ1) is 7.79. The van der Waals surface area contributed by atoms with Gasteiger partial charge in [0.25, 0.3) is 0 Å². The second kappa shape index (κ2) is 5.49. The highest BCUT2D eigenvalue weighted by molar-refractivity contribution is 5.42. The van der Waals surface area contributed by atoms with Crippen LogP contribution in [-0.4, -0.2) is 24.5 Å². The number of likely N-dealkylation sites (N-methyl/N-ethyl adjacent to an activating group) is 1. The van der Waals surface area contributed by atoms with E-state index in [1.54, 1.807) is 5.57 Å². The molecule has 1 unspecified atom stereocenters. The van der Waals surface area contributed by atoms with Crippen molar-refractivity contribution in [3.05, 3.63) is 35.5 Å². The van der Waals surface area contributed by atoms with Gasteiger partial charge in [0, 0.05) is 6.54 Å². The van der Waals surface area contributed by atoms with Gasteiger partial charge in [0.05, 0.1) is 0 Å². The fourth-order valence-corrected chi connectivity index (χ4v) is 2.53.